The summed E-state index contributed by atoms with van der Waals surface area (Å²) >= 11 is 5.06. The molecule has 0 saturated heterocycles. The maximum Gasteiger partial charge on any atom is 0.521 e. The molecule has 0 aliphatic heterocycles. The van der Waals surface area contributed by atoms with Crippen LogP contribution in [-0.4, -0.2) is 13.2 Å². The molecule has 0 aliphatic rings. The quantitative estimate of drug-likeness (QED) is 0.445. The highest BCUT2D eigenvalue weighted by molar-refractivity contribution is 8.00. The molecule has 84 valence electrons. The second-order valence-corrected chi connectivity index (χ2v) is 5.64. The fourth-order valence-corrected chi connectivity index (χ4v) is 1.95. The predicted molar refractivity (Wildman–Crippen MR) is 65.2 cm³/mol. The summed E-state index contributed by atoms with van der Waals surface area (Å²) in [6.07, 6.45) is 4.59. The van der Waals surface area contributed by atoms with Gasteiger partial charge in [0.1, 0.15) is 13.2 Å². The van der Waals surface area contributed by atoms with Crippen LogP contribution in [0.1, 0.15) is 46.5 Å². The smallest absolute Gasteiger partial charge is 0.142 e. The molecule has 4 heteroatoms. The van der Waals surface area contributed by atoms with E-state index in [0.29, 0.717) is 5.92 Å². The Morgan fingerprint density at radius 1 is 1.14 bits per heavy atom. The largest absolute Gasteiger partial charge is 0.521 e. The third kappa shape index (κ3) is 10.5. The van der Waals surface area contributed by atoms with E-state index in [1.807, 2.05) is 0 Å². The van der Waals surface area contributed by atoms with Gasteiger partial charge in [0, 0.05) is 0 Å². The van der Waals surface area contributed by atoms with Gasteiger partial charge >= 0.3 is 7.15 Å². The molecule has 1 unspecified atom stereocenters. The molecule has 0 spiro atoms. The van der Waals surface area contributed by atoms with Crippen LogP contribution in [0.3, 0.4) is 0 Å². The topological polar surface area (TPSA) is 18.5 Å². The van der Waals surface area contributed by atoms with Gasteiger partial charge in [0.25, 0.3) is 0 Å². The fraction of sp³-hybridized carbons (Fsp3) is 1.00. The first-order valence-electron chi connectivity index (χ1n) is 5.40. The fourth-order valence-electron chi connectivity index (χ4n) is 0.891. The van der Waals surface area contributed by atoms with Crippen molar-refractivity contribution >= 4 is 19.0 Å². The molecule has 0 fully saturated rings. The van der Waals surface area contributed by atoms with Crippen LogP contribution in [0.25, 0.3) is 0 Å². The van der Waals surface area contributed by atoms with Gasteiger partial charge in [-0.15, -0.1) is 9.05 Å². The maximum atomic E-state index is 5.39. The Hall–Kier alpha value is 0.440. The lowest BCUT2D eigenvalue weighted by Crippen LogP contribution is -1.95. The minimum Gasteiger partial charge on any atom is -0.142 e. The summed E-state index contributed by atoms with van der Waals surface area (Å²) < 4.78 is 10.8. The third-order valence-electron chi connectivity index (χ3n) is 1.84. The molecule has 0 aromatic rings. The molecule has 0 rings (SSSR count). The van der Waals surface area contributed by atoms with Gasteiger partial charge < -0.3 is 0 Å². The van der Waals surface area contributed by atoms with E-state index < -0.39 is 7.15 Å². The molecule has 0 bridgehead atoms. The van der Waals surface area contributed by atoms with E-state index in [4.69, 9.17) is 20.9 Å². The van der Waals surface area contributed by atoms with Crippen molar-refractivity contribution in [3.05, 3.63) is 0 Å². The summed E-state index contributed by atoms with van der Waals surface area (Å²) in [5, 5.41) is 0. The van der Waals surface area contributed by atoms with Crippen molar-refractivity contribution in [3.63, 3.8) is 0 Å². The zero-order valence-corrected chi connectivity index (χ0v) is 11.2. The van der Waals surface area contributed by atoms with Gasteiger partial charge in [-0.3, -0.25) is 0 Å². The zero-order valence-electron chi connectivity index (χ0n) is 9.49. The Balaban J connectivity index is 3.20. The van der Waals surface area contributed by atoms with Crippen molar-refractivity contribution in [2.24, 2.45) is 5.92 Å². The lowest BCUT2D eigenvalue weighted by Gasteiger charge is -1.99. The van der Waals surface area contributed by atoms with Crippen molar-refractivity contribution in [3.8, 4) is 0 Å². The highest BCUT2D eigenvalue weighted by Gasteiger charge is 2.13. The minimum atomic E-state index is -1.04. The Kier molecular flexibility index (Phi) is 10.3. The number of rotatable bonds is 9. The molecule has 0 heterocycles. The van der Waals surface area contributed by atoms with E-state index >= 15 is 0 Å². The van der Waals surface area contributed by atoms with E-state index in [1.165, 1.54) is 12.8 Å². The SMILES string of the molecule is CCCCCO[P+](=S)OCCC(C)C. The first-order chi connectivity index (χ1) is 6.66. The van der Waals surface area contributed by atoms with Crippen LogP contribution in [0.5, 0.6) is 0 Å². The second-order valence-electron chi connectivity index (χ2n) is 3.78. The van der Waals surface area contributed by atoms with Crippen molar-refractivity contribution in [2.75, 3.05) is 13.2 Å². The Labute approximate surface area is 94.0 Å². The molecular weight excluding hydrogens is 215 g/mol. The highest BCUT2D eigenvalue weighted by atomic mass is 32.4. The van der Waals surface area contributed by atoms with Gasteiger partial charge in [-0.2, -0.15) is 0 Å². The van der Waals surface area contributed by atoms with Gasteiger partial charge in [-0.1, -0.05) is 33.6 Å². The van der Waals surface area contributed by atoms with Crippen LogP contribution in [-0.2, 0) is 20.9 Å². The molecule has 0 N–H and O–H groups in total. The number of hydrogen-bond donors (Lipinski definition) is 0. The Morgan fingerprint density at radius 2 is 1.79 bits per heavy atom. The molecular formula is C10H22O2PS+. The third-order valence-corrected chi connectivity index (χ3v) is 3.26. The van der Waals surface area contributed by atoms with E-state index in [2.05, 4.69) is 20.8 Å². The average molecular weight is 237 g/mol. The molecule has 0 radical (unpaired) electrons. The van der Waals surface area contributed by atoms with E-state index in [9.17, 15) is 0 Å². The summed E-state index contributed by atoms with van der Waals surface area (Å²) in [5.74, 6) is 0.675. The average Bonchev–Trinajstić information content (AvgIpc) is 2.12. The highest BCUT2D eigenvalue weighted by Crippen LogP contribution is 2.25. The van der Waals surface area contributed by atoms with E-state index in [-0.39, 0.29) is 0 Å². The van der Waals surface area contributed by atoms with Crippen LogP contribution in [0.4, 0.5) is 0 Å². The summed E-state index contributed by atoms with van der Waals surface area (Å²) in [7, 11) is -1.04. The standard InChI is InChI=1S/C10H22O2PS/c1-4-5-6-8-11-13(14)12-9-7-10(2)3/h10H,4-9H2,1-3H3/q+1. The van der Waals surface area contributed by atoms with Gasteiger partial charge in [-0.05, 0) is 18.8 Å². The molecule has 2 nitrogen and oxygen atoms in total. The molecule has 0 saturated carbocycles. The first-order valence-corrected chi connectivity index (χ1v) is 7.59. The second kappa shape index (κ2) is 9.97. The minimum absolute atomic E-state index is 0.675. The number of unbranched alkanes of at least 4 members (excludes halogenated alkanes) is 2. The van der Waals surface area contributed by atoms with Crippen molar-refractivity contribution < 1.29 is 9.05 Å². The Bertz CT molecular complexity index is 151. The monoisotopic (exact) mass is 237 g/mol. The first kappa shape index (κ1) is 14.4. The molecule has 0 amide bonds. The lowest BCUT2D eigenvalue weighted by atomic mass is 10.2. The Morgan fingerprint density at radius 3 is 2.36 bits per heavy atom. The van der Waals surface area contributed by atoms with Crippen LogP contribution in [0, 0.1) is 5.92 Å². The summed E-state index contributed by atoms with van der Waals surface area (Å²) in [6.45, 7) is 8.02. The molecule has 0 aromatic heterocycles. The van der Waals surface area contributed by atoms with Gasteiger partial charge in [0.2, 0.25) is 11.8 Å². The van der Waals surface area contributed by atoms with Crippen LogP contribution < -0.4 is 0 Å². The van der Waals surface area contributed by atoms with E-state index in [0.717, 1.165) is 26.1 Å². The van der Waals surface area contributed by atoms with Gasteiger partial charge in [0.15, 0.2) is 0 Å². The number of hydrogen-bond acceptors (Lipinski definition) is 3. The van der Waals surface area contributed by atoms with Crippen LogP contribution in [0.15, 0.2) is 0 Å². The molecule has 0 aliphatic carbocycles. The predicted octanol–water partition coefficient (Wildman–Crippen LogP) is 4.03. The van der Waals surface area contributed by atoms with E-state index in [1.54, 1.807) is 0 Å². The normalized spacial score (nSPS) is 12.1. The lowest BCUT2D eigenvalue weighted by molar-refractivity contribution is 0.248. The molecule has 1 atom stereocenters. The summed E-state index contributed by atoms with van der Waals surface area (Å²) in [6, 6.07) is 0. The van der Waals surface area contributed by atoms with Crippen LogP contribution in [0.2, 0.25) is 0 Å². The zero-order chi connectivity index (χ0) is 10.8. The van der Waals surface area contributed by atoms with Gasteiger partial charge in [0.05, 0.1) is 0 Å². The van der Waals surface area contributed by atoms with Crippen molar-refractivity contribution in [2.45, 2.75) is 46.5 Å². The summed E-state index contributed by atoms with van der Waals surface area (Å²) in [5.41, 5.74) is 0. The van der Waals surface area contributed by atoms with Crippen molar-refractivity contribution in [1.82, 2.24) is 0 Å². The maximum absolute atomic E-state index is 5.39. The van der Waals surface area contributed by atoms with Crippen molar-refractivity contribution in [1.29, 1.82) is 0 Å². The van der Waals surface area contributed by atoms with Gasteiger partial charge in [-0.25, -0.2) is 0 Å². The summed E-state index contributed by atoms with van der Waals surface area (Å²) in [4.78, 5) is 0. The van der Waals surface area contributed by atoms with Crippen LogP contribution >= 0.6 is 7.15 Å². The molecule has 14 heavy (non-hydrogen) atoms. The molecule has 0 aromatic carbocycles.